The lowest BCUT2D eigenvalue weighted by atomic mass is 10.0. The quantitative estimate of drug-likeness (QED) is 0.351. The van der Waals surface area contributed by atoms with Crippen LogP contribution >= 0.6 is 0 Å². The minimum Gasteiger partial charge on any atom is -0.497 e. The van der Waals surface area contributed by atoms with Crippen molar-refractivity contribution in [1.29, 1.82) is 0 Å². The Kier molecular flexibility index (Phi) is 8.19. The molecule has 3 rings (SSSR count). The van der Waals surface area contributed by atoms with Gasteiger partial charge in [-0.1, -0.05) is 12.1 Å². The lowest BCUT2D eigenvalue weighted by Gasteiger charge is -2.22. The van der Waals surface area contributed by atoms with Crippen LogP contribution < -0.4 is 21.0 Å². The lowest BCUT2D eigenvalue weighted by Crippen LogP contribution is -2.53. The van der Waals surface area contributed by atoms with E-state index in [1.54, 1.807) is 18.2 Å². The minimum atomic E-state index is -1.16. The van der Waals surface area contributed by atoms with Crippen LogP contribution in [-0.4, -0.2) is 44.1 Å². The molecule has 3 aromatic rings. The molecule has 1 aromatic heterocycles. The summed E-state index contributed by atoms with van der Waals surface area (Å²) >= 11 is 0. The Balaban J connectivity index is 1.88. The maximum absolute atomic E-state index is 13.2. The largest absolute Gasteiger partial charge is 0.497 e. The smallest absolute Gasteiger partial charge is 0.336 e. The van der Waals surface area contributed by atoms with Crippen molar-refractivity contribution >= 4 is 28.8 Å². The summed E-state index contributed by atoms with van der Waals surface area (Å²) < 4.78 is 28.5. The van der Waals surface area contributed by atoms with E-state index in [1.165, 1.54) is 51.5 Å². The van der Waals surface area contributed by atoms with E-state index in [9.17, 15) is 23.6 Å². The molecule has 2 N–H and O–H groups in total. The molecular weight excluding hydrogens is 459 g/mol. The predicted molar refractivity (Wildman–Crippen MR) is 124 cm³/mol. The van der Waals surface area contributed by atoms with Gasteiger partial charge in [0.1, 0.15) is 29.2 Å². The molecule has 184 valence electrons. The summed E-state index contributed by atoms with van der Waals surface area (Å²) in [7, 11) is 2.65. The van der Waals surface area contributed by atoms with E-state index in [0.717, 1.165) is 0 Å². The second-order valence-corrected chi connectivity index (χ2v) is 7.82. The molecule has 0 saturated carbocycles. The van der Waals surface area contributed by atoms with E-state index in [2.05, 4.69) is 10.6 Å². The molecule has 2 amide bonds. The van der Waals surface area contributed by atoms with Gasteiger partial charge in [-0.3, -0.25) is 9.59 Å². The second-order valence-electron chi connectivity index (χ2n) is 7.82. The van der Waals surface area contributed by atoms with Crippen LogP contribution in [-0.2, 0) is 32.0 Å². The molecule has 0 unspecified atom stereocenters. The first-order chi connectivity index (χ1) is 16.7. The maximum atomic E-state index is 13.2. The molecule has 0 spiro atoms. The van der Waals surface area contributed by atoms with Gasteiger partial charge in [-0.05, 0) is 35.4 Å². The van der Waals surface area contributed by atoms with Crippen LogP contribution in [0.1, 0.15) is 18.1 Å². The number of rotatable bonds is 9. The van der Waals surface area contributed by atoms with Gasteiger partial charge < -0.3 is 24.5 Å². The number of fused-ring (bicyclic) bond motifs is 1. The summed E-state index contributed by atoms with van der Waals surface area (Å²) in [6.45, 7) is 1.26. The molecule has 0 saturated heterocycles. The van der Waals surface area contributed by atoms with Gasteiger partial charge in [0.25, 0.3) is 0 Å². The Morgan fingerprint density at radius 1 is 0.971 bits per heavy atom. The summed E-state index contributed by atoms with van der Waals surface area (Å²) in [5, 5.41) is 5.70. The van der Waals surface area contributed by atoms with Crippen molar-refractivity contribution in [3.63, 3.8) is 0 Å². The van der Waals surface area contributed by atoms with Gasteiger partial charge in [-0.25, -0.2) is 14.0 Å². The van der Waals surface area contributed by atoms with Crippen LogP contribution in [0, 0.1) is 5.82 Å². The van der Waals surface area contributed by atoms with E-state index < -0.39 is 41.3 Å². The van der Waals surface area contributed by atoms with Gasteiger partial charge in [0.05, 0.1) is 14.2 Å². The molecule has 2 aromatic carbocycles. The molecule has 2 atom stereocenters. The molecule has 10 heteroatoms. The van der Waals surface area contributed by atoms with Gasteiger partial charge in [0.2, 0.25) is 11.8 Å². The topological polar surface area (TPSA) is 124 Å². The predicted octanol–water partition coefficient (Wildman–Crippen LogP) is 1.89. The monoisotopic (exact) mass is 484 g/mol. The van der Waals surface area contributed by atoms with Crippen LogP contribution in [0.3, 0.4) is 0 Å². The van der Waals surface area contributed by atoms with E-state index in [-0.39, 0.29) is 18.4 Å². The number of methoxy groups -OCH3 is 2. The SMILES string of the molecule is COC(=O)[C@@H](Cc1cc(=O)oc2cc(OC)ccc12)NC(=O)[C@@H](Cc1ccc(F)cc1)NC(C)=O. The third kappa shape index (κ3) is 6.66. The Labute approximate surface area is 200 Å². The minimum absolute atomic E-state index is 0.0667. The Bertz CT molecular complexity index is 1290. The second kappa shape index (κ2) is 11.3. The molecule has 0 aliphatic rings. The fourth-order valence-electron chi connectivity index (χ4n) is 3.64. The van der Waals surface area contributed by atoms with Crippen LogP contribution in [0.15, 0.2) is 57.7 Å². The van der Waals surface area contributed by atoms with Crippen molar-refractivity contribution in [3.8, 4) is 5.75 Å². The van der Waals surface area contributed by atoms with Crippen molar-refractivity contribution in [2.24, 2.45) is 0 Å². The number of carbonyl (C=O) groups is 3. The third-order valence-electron chi connectivity index (χ3n) is 5.31. The Morgan fingerprint density at radius 3 is 2.31 bits per heavy atom. The van der Waals surface area contributed by atoms with Crippen molar-refractivity contribution in [1.82, 2.24) is 10.6 Å². The zero-order valence-corrected chi connectivity index (χ0v) is 19.4. The first-order valence-corrected chi connectivity index (χ1v) is 10.7. The number of hydrogen-bond acceptors (Lipinski definition) is 7. The van der Waals surface area contributed by atoms with Gasteiger partial charge in [-0.15, -0.1) is 0 Å². The Morgan fingerprint density at radius 2 is 1.69 bits per heavy atom. The van der Waals surface area contributed by atoms with Gasteiger partial charge in [0.15, 0.2) is 0 Å². The fraction of sp³-hybridized carbons (Fsp3) is 0.280. The van der Waals surface area contributed by atoms with Gasteiger partial charge in [-0.2, -0.15) is 0 Å². The molecule has 0 aliphatic carbocycles. The maximum Gasteiger partial charge on any atom is 0.336 e. The Hall–Kier alpha value is -4.21. The molecule has 0 fully saturated rings. The van der Waals surface area contributed by atoms with Crippen LogP contribution in [0.4, 0.5) is 4.39 Å². The number of hydrogen-bond donors (Lipinski definition) is 2. The molecule has 35 heavy (non-hydrogen) atoms. The summed E-state index contributed by atoms with van der Waals surface area (Å²) in [4.78, 5) is 49.4. The van der Waals surface area contributed by atoms with Crippen molar-refractivity contribution in [2.75, 3.05) is 14.2 Å². The van der Waals surface area contributed by atoms with Gasteiger partial charge >= 0.3 is 11.6 Å². The van der Waals surface area contributed by atoms with Crippen LogP contribution in [0.2, 0.25) is 0 Å². The lowest BCUT2D eigenvalue weighted by molar-refractivity contribution is -0.145. The number of halogens is 1. The number of nitrogens with one attached hydrogen (secondary N) is 2. The molecular formula is C25H25FN2O7. The number of amides is 2. The summed E-state index contributed by atoms with van der Waals surface area (Å²) in [6.07, 6.45) is -0.00653. The van der Waals surface area contributed by atoms with Crippen molar-refractivity contribution < 1.29 is 32.7 Å². The number of benzene rings is 2. The van der Waals surface area contributed by atoms with E-state index in [4.69, 9.17) is 13.9 Å². The van der Waals surface area contributed by atoms with E-state index in [0.29, 0.717) is 22.3 Å². The van der Waals surface area contributed by atoms with Gasteiger partial charge in [0, 0.05) is 37.3 Å². The molecule has 0 bridgehead atoms. The van der Waals surface area contributed by atoms with Crippen LogP contribution in [0.25, 0.3) is 11.0 Å². The molecule has 0 radical (unpaired) electrons. The highest BCUT2D eigenvalue weighted by Gasteiger charge is 2.28. The molecule has 0 aliphatic heterocycles. The normalized spacial score (nSPS) is 12.5. The fourth-order valence-corrected chi connectivity index (χ4v) is 3.64. The average Bonchev–Trinajstić information content (AvgIpc) is 2.83. The first kappa shape index (κ1) is 25.4. The first-order valence-electron chi connectivity index (χ1n) is 10.7. The average molecular weight is 484 g/mol. The number of carbonyl (C=O) groups excluding carboxylic acids is 3. The highest BCUT2D eigenvalue weighted by molar-refractivity contribution is 5.91. The van der Waals surface area contributed by atoms with Crippen LogP contribution in [0.5, 0.6) is 5.75 Å². The summed E-state index contributed by atoms with van der Waals surface area (Å²) in [6, 6.07) is 9.42. The standard InChI is InChI=1S/C25H25FN2O7/c1-14(29)27-20(10-15-4-6-17(26)7-5-15)24(31)28-21(25(32)34-3)11-16-12-23(30)35-22-13-18(33-2)8-9-19(16)22/h4-9,12-13,20-21H,10-11H2,1-3H3,(H,27,29)(H,28,31)/t20-,21-/m1/s1. The number of ether oxygens (including phenoxy) is 2. The third-order valence-corrected chi connectivity index (χ3v) is 5.31. The van der Waals surface area contributed by atoms with Crippen molar-refractivity contribution in [2.45, 2.75) is 31.8 Å². The highest BCUT2D eigenvalue weighted by atomic mass is 19.1. The van der Waals surface area contributed by atoms with Crippen molar-refractivity contribution in [3.05, 3.63) is 75.9 Å². The number of esters is 1. The van der Waals surface area contributed by atoms with E-state index >= 15 is 0 Å². The van der Waals surface area contributed by atoms with E-state index in [1.807, 2.05) is 0 Å². The summed E-state index contributed by atoms with van der Waals surface area (Å²) in [5.74, 6) is -1.79. The zero-order valence-electron chi connectivity index (χ0n) is 19.4. The highest BCUT2D eigenvalue weighted by Crippen LogP contribution is 2.23. The molecule has 1 heterocycles. The summed E-state index contributed by atoms with van der Waals surface area (Å²) in [5.41, 5.74) is 0.678. The molecule has 9 nitrogen and oxygen atoms in total. The zero-order chi connectivity index (χ0) is 25.5.